The maximum Gasteiger partial charge on any atom is 0.259 e. The number of anilines is 1. The average Bonchev–Trinajstić information content (AvgIpc) is 3.06. The lowest BCUT2D eigenvalue weighted by atomic mass is 9.95. The molecule has 5 nitrogen and oxygen atoms in total. The smallest absolute Gasteiger partial charge is 0.259 e. The number of halogens is 1. The highest BCUT2D eigenvalue weighted by Gasteiger charge is 2.30. The van der Waals surface area contributed by atoms with Crippen molar-refractivity contribution in [2.45, 2.75) is 25.7 Å². The van der Waals surface area contributed by atoms with E-state index >= 15 is 0 Å². The van der Waals surface area contributed by atoms with Crippen LogP contribution in [0, 0.1) is 5.82 Å². The second-order valence-electron chi connectivity index (χ2n) is 7.44. The summed E-state index contributed by atoms with van der Waals surface area (Å²) in [6, 6.07) is 5.91. The summed E-state index contributed by atoms with van der Waals surface area (Å²) in [5.74, 6) is -1.09. The van der Waals surface area contributed by atoms with Gasteiger partial charge in [-0.3, -0.25) is 9.59 Å². The molecule has 148 valence electrons. The minimum atomic E-state index is -0.562. The molecule has 0 bridgehead atoms. The van der Waals surface area contributed by atoms with Gasteiger partial charge in [-0.2, -0.15) is 0 Å². The Labute approximate surface area is 168 Å². The normalized spacial score (nSPS) is 17.3. The Kier molecular flexibility index (Phi) is 5.46. The zero-order valence-electron chi connectivity index (χ0n) is 16.0. The quantitative estimate of drug-likeness (QED) is 0.858. The fourth-order valence-corrected chi connectivity index (χ4v) is 5.14. The Bertz CT molecular complexity index is 903. The number of hydrogen-bond donors (Lipinski definition) is 1. The van der Waals surface area contributed by atoms with Crippen LogP contribution in [0.15, 0.2) is 24.3 Å². The number of rotatable bonds is 3. The van der Waals surface area contributed by atoms with Gasteiger partial charge in [0.25, 0.3) is 11.8 Å². The number of hydrogen-bond acceptors (Lipinski definition) is 4. The summed E-state index contributed by atoms with van der Waals surface area (Å²) in [7, 11) is 2.05. The van der Waals surface area contributed by atoms with E-state index in [4.69, 9.17) is 0 Å². The van der Waals surface area contributed by atoms with E-state index in [1.165, 1.54) is 28.3 Å². The third-order valence-electron chi connectivity index (χ3n) is 5.52. The molecule has 1 aliphatic heterocycles. The molecule has 4 rings (SSSR count). The van der Waals surface area contributed by atoms with Crippen molar-refractivity contribution in [3.05, 3.63) is 51.7 Å². The first-order valence-corrected chi connectivity index (χ1v) is 10.5. The number of thiophene rings is 1. The van der Waals surface area contributed by atoms with Gasteiger partial charge in [-0.15, -0.1) is 11.3 Å². The highest BCUT2D eigenvalue weighted by molar-refractivity contribution is 7.17. The zero-order valence-corrected chi connectivity index (χ0v) is 16.8. The largest absolute Gasteiger partial charge is 0.336 e. The Morgan fingerprint density at radius 1 is 1.07 bits per heavy atom. The van der Waals surface area contributed by atoms with E-state index in [1.54, 1.807) is 12.1 Å². The maximum atomic E-state index is 14.0. The lowest BCUT2D eigenvalue weighted by Gasteiger charge is -2.33. The van der Waals surface area contributed by atoms with Gasteiger partial charge in [0.1, 0.15) is 10.8 Å². The first kappa shape index (κ1) is 19.1. The van der Waals surface area contributed by atoms with Crippen molar-refractivity contribution in [1.29, 1.82) is 0 Å². The van der Waals surface area contributed by atoms with Crippen LogP contribution in [-0.4, -0.2) is 54.8 Å². The minimum absolute atomic E-state index is 0.00753. The van der Waals surface area contributed by atoms with Crippen LogP contribution in [0.3, 0.4) is 0 Å². The van der Waals surface area contributed by atoms with E-state index < -0.39 is 11.7 Å². The monoisotopic (exact) mass is 401 g/mol. The third kappa shape index (κ3) is 3.69. The molecule has 1 fully saturated rings. The van der Waals surface area contributed by atoms with Crippen LogP contribution in [0.5, 0.6) is 0 Å². The number of nitrogens with zero attached hydrogens (tertiary/aromatic N) is 2. The van der Waals surface area contributed by atoms with Gasteiger partial charge in [0.2, 0.25) is 0 Å². The predicted molar refractivity (Wildman–Crippen MR) is 109 cm³/mol. The Balaban J connectivity index is 1.65. The molecule has 1 aromatic heterocycles. The summed E-state index contributed by atoms with van der Waals surface area (Å²) in [6.07, 6.45) is 3.93. The molecule has 1 aliphatic carbocycles. The van der Waals surface area contributed by atoms with Crippen LogP contribution < -0.4 is 5.32 Å². The fraction of sp³-hybridized carbons (Fsp3) is 0.429. The van der Waals surface area contributed by atoms with Crippen molar-refractivity contribution in [3.63, 3.8) is 0 Å². The Hall–Kier alpha value is -2.25. The average molecular weight is 402 g/mol. The number of amides is 2. The number of carbonyl (C=O) groups excluding carboxylic acids is 2. The van der Waals surface area contributed by atoms with Crippen LogP contribution in [-0.2, 0) is 12.8 Å². The molecule has 2 heterocycles. The lowest BCUT2D eigenvalue weighted by Crippen LogP contribution is -2.47. The molecule has 0 atom stereocenters. The topological polar surface area (TPSA) is 52.6 Å². The first-order chi connectivity index (χ1) is 13.5. The van der Waals surface area contributed by atoms with Gasteiger partial charge in [0.15, 0.2) is 0 Å². The summed E-state index contributed by atoms with van der Waals surface area (Å²) in [4.78, 5) is 31.2. The number of nitrogens with one attached hydrogen (secondary N) is 1. The van der Waals surface area contributed by atoms with Gasteiger partial charge in [-0.25, -0.2) is 4.39 Å². The predicted octanol–water partition coefficient (Wildman–Crippen LogP) is 3.41. The van der Waals surface area contributed by atoms with Crippen molar-refractivity contribution in [3.8, 4) is 0 Å². The van der Waals surface area contributed by atoms with Crippen molar-refractivity contribution >= 4 is 28.2 Å². The van der Waals surface area contributed by atoms with Crippen LogP contribution in [0.2, 0.25) is 0 Å². The fourth-order valence-electron chi connectivity index (χ4n) is 3.86. The molecule has 2 amide bonds. The molecule has 2 aliphatic rings. The number of piperazine rings is 1. The maximum absolute atomic E-state index is 14.0. The highest BCUT2D eigenvalue weighted by Crippen LogP contribution is 2.39. The Morgan fingerprint density at radius 3 is 2.54 bits per heavy atom. The van der Waals surface area contributed by atoms with E-state index in [0.717, 1.165) is 44.3 Å². The molecule has 0 saturated carbocycles. The van der Waals surface area contributed by atoms with E-state index in [-0.39, 0.29) is 11.5 Å². The van der Waals surface area contributed by atoms with Crippen molar-refractivity contribution < 1.29 is 14.0 Å². The molecule has 28 heavy (non-hydrogen) atoms. The second-order valence-corrected chi connectivity index (χ2v) is 8.55. The zero-order chi connectivity index (χ0) is 19.7. The van der Waals surface area contributed by atoms with Gasteiger partial charge >= 0.3 is 0 Å². The molecule has 1 aromatic carbocycles. The van der Waals surface area contributed by atoms with Crippen LogP contribution in [0.25, 0.3) is 0 Å². The number of fused-ring (bicyclic) bond motifs is 1. The number of carbonyl (C=O) groups is 2. The summed E-state index contributed by atoms with van der Waals surface area (Å²) < 4.78 is 14.0. The summed E-state index contributed by atoms with van der Waals surface area (Å²) >= 11 is 1.47. The number of likely N-dealkylation sites (N-methyl/N-ethyl adjacent to an activating group) is 1. The van der Waals surface area contributed by atoms with Crippen molar-refractivity contribution in [2.75, 3.05) is 38.5 Å². The molecule has 0 spiro atoms. The lowest BCUT2D eigenvalue weighted by molar-refractivity contribution is 0.0664. The first-order valence-electron chi connectivity index (χ1n) is 9.73. The van der Waals surface area contributed by atoms with Gasteiger partial charge in [0, 0.05) is 31.1 Å². The van der Waals surface area contributed by atoms with Crippen LogP contribution in [0.4, 0.5) is 9.39 Å². The van der Waals surface area contributed by atoms with Gasteiger partial charge < -0.3 is 15.1 Å². The molecule has 1 N–H and O–H groups in total. The highest BCUT2D eigenvalue weighted by atomic mass is 32.1. The summed E-state index contributed by atoms with van der Waals surface area (Å²) in [6.45, 7) is 3.05. The molecule has 7 heteroatoms. The van der Waals surface area contributed by atoms with Crippen LogP contribution >= 0.6 is 11.3 Å². The molecular formula is C21H24FN3O2S. The van der Waals surface area contributed by atoms with Gasteiger partial charge in [-0.1, -0.05) is 12.1 Å². The van der Waals surface area contributed by atoms with Gasteiger partial charge in [-0.05, 0) is 50.4 Å². The van der Waals surface area contributed by atoms with Crippen LogP contribution in [0.1, 0.15) is 44.0 Å². The SMILES string of the molecule is CN1CCN(C(=O)c2c(NC(=O)c3ccccc3F)sc3c2CCCC3)CC1. The molecule has 2 aromatic rings. The summed E-state index contributed by atoms with van der Waals surface area (Å²) in [5.41, 5.74) is 1.69. The second kappa shape index (κ2) is 8.01. The minimum Gasteiger partial charge on any atom is -0.336 e. The van der Waals surface area contributed by atoms with Crippen molar-refractivity contribution in [1.82, 2.24) is 9.80 Å². The standard InChI is InChI=1S/C21H24FN3O2S/c1-24-10-12-25(13-11-24)21(27)18-15-7-3-5-9-17(15)28-20(18)23-19(26)14-6-2-4-8-16(14)22/h2,4,6,8H,3,5,7,9-13H2,1H3,(H,23,26). The van der Waals surface area contributed by atoms with Crippen molar-refractivity contribution in [2.24, 2.45) is 0 Å². The molecular weight excluding hydrogens is 377 g/mol. The number of aryl methyl sites for hydroxylation is 1. The van der Waals surface area contributed by atoms with E-state index in [9.17, 15) is 14.0 Å². The third-order valence-corrected chi connectivity index (χ3v) is 6.73. The van der Waals surface area contributed by atoms with E-state index in [0.29, 0.717) is 23.7 Å². The van der Waals surface area contributed by atoms with Gasteiger partial charge in [0.05, 0.1) is 11.1 Å². The van der Waals surface area contributed by atoms with E-state index in [2.05, 4.69) is 10.2 Å². The molecule has 1 saturated heterocycles. The molecule has 0 unspecified atom stereocenters. The number of benzene rings is 1. The summed E-state index contributed by atoms with van der Waals surface area (Å²) in [5, 5.41) is 3.39. The molecule has 0 radical (unpaired) electrons. The van der Waals surface area contributed by atoms with E-state index in [1.807, 2.05) is 11.9 Å². The Morgan fingerprint density at radius 2 is 1.79 bits per heavy atom.